The van der Waals surface area contributed by atoms with E-state index in [1.807, 2.05) is 44.2 Å². The molecule has 7 heteroatoms. The van der Waals surface area contributed by atoms with Crippen molar-refractivity contribution in [2.45, 2.75) is 32.0 Å². The van der Waals surface area contributed by atoms with E-state index >= 15 is 0 Å². The van der Waals surface area contributed by atoms with E-state index in [0.29, 0.717) is 29.6 Å². The van der Waals surface area contributed by atoms with Gasteiger partial charge in [-0.2, -0.15) is 0 Å². The van der Waals surface area contributed by atoms with Gasteiger partial charge in [-0.25, -0.2) is 4.98 Å². The number of hydrogen-bond acceptors (Lipinski definition) is 5. The maximum absolute atomic E-state index is 12.9. The number of carbonyl (C=O) groups is 1. The van der Waals surface area contributed by atoms with E-state index < -0.39 is 0 Å². The van der Waals surface area contributed by atoms with Crippen LogP contribution in [0.15, 0.2) is 46.5 Å². The van der Waals surface area contributed by atoms with Gasteiger partial charge < -0.3 is 5.32 Å². The van der Waals surface area contributed by atoms with Gasteiger partial charge in [0.15, 0.2) is 5.16 Å². The molecule has 0 radical (unpaired) electrons. The van der Waals surface area contributed by atoms with Crippen molar-refractivity contribution >= 4 is 34.3 Å². The molecule has 1 unspecified atom stereocenters. The van der Waals surface area contributed by atoms with Crippen molar-refractivity contribution in [2.24, 2.45) is 5.92 Å². The molecule has 1 amide bonds. The van der Waals surface area contributed by atoms with E-state index in [1.165, 1.54) is 11.8 Å². The van der Waals surface area contributed by atoms with Crippen molar-refractivity contribution in [3.63, 3.8) is 0 Å². The summed E-state index contributed by atoms with van der Waals surface area (Å²) in [6.07, 6.45) is 2.35. The predicted octanol–water partition coefficient (Wildman–Crippen LogP) is 3.02. The molecule has 0 fully saturated rings. The Bertz CT molecular complexity index is 1090. The molecule has 1 N–H and O–H groups in total. The van der Waals surface area contributed by atoms with E-state index in [4.69, 9.17) is 0 Å². The average Bonchev–Trinajstić information content (AvgIpc) is 2.68. The Morgan fingerprint density at radius 1 is 1.33 bits per heavy atom. The van der Waals surface area contributed by atoms with Crippen LogP contribution in [0.5, 0.6) is 0 Å². The molecule has 27 heavy (non-hydrogen) atoms. The highest BCUT2D eigenvalue weighted by Gasteiger charge is 2.28. The molecule has 1 atom stereocenters. The third kappa shape index (κ3) is 3.23. The van der Waals surface area contributed by atoms with Crippen LogP contribution >= 0.6 is 11.8 Å². The first kappa shape index (κ1) is 17.7. The number of benzene rings is 1. The fourth-order valence-corrected chi connectivity index (χ4v) is 4.52. The summed E-state index contributed by atoms with van der Waals surface area (Å²) in [6.45, 7) is 4.17. The van der Waals surface area contributed by atoms with Crippen molar-refractivity contribution in [3.05, 3.63) is 58.1 Å². The van der Waals surface area contributed by atoms with Gasteiger partial charge >= 0.3 is 0 Å². The van der Waals surface area contributed by atoms with Gasteiger partial charge in [-0.1, -0.05) is 36.9 Å². The molecule has 3 heterocycles. The number of rotatable bonds is 3. The average molecular weight is 380 g/mol. The first-order valence-corrected chi connectivity index (χ1v) is 9.94. The second-order valence-electron chi connectivity index (χ2n) is 6.61. The number of nitrogens with one attached hydrogen (secondary N) is 1. The zero-order chi connectivity index (χ0) is 19.0. The minimum absolute atomic E-state index is 0.0307. The predicted molar refractivity (Wildman–Crippen MR) is 107 cm³/mol. The van der Waals surface area contributed by atoms with Crippen molar-refractivity contribution in [3.8, 4) is 0 Å². The third-order valence-corrected chi connectivity index (χ3v) is 6.00. The fourth-order valence-electron chi connectivity index (χ4n) is 3.40. The standard InChI is InChI=1S/C20H20N4O2S/c1-3-15-12(2)22-20-24(19(15)26)10-14(11-27-20)18(25)23-16-8-4-6-13-7-5-9-21-17(13)16/h4-9,14H,3,10-11H2,1-2H3,(H,23,25). The minimum Gasteiger partial charge on any atom is -0.324 e. The van der Waals surface area contributed by atoms with Gasteiger partial charge in [0.2, 0.25) is 5.91 Å². The summed E-state index contributed by atoms with van der Waals surface area (Å²) in [6, 6.07) is 9.54. The maximum atomic E-state index is 12.9. The molecule has 6 nitrogen and oxygen atoms in total. The third-order valence-electron chi connectivity index (χ3n) is 4.87. The Balaban J connectivity index is 1.60. The fraction of sp³-hybridized carbons (Fsp3) is 0.300. The minimum atomic E-state index is -0.298. The van der Waals surface area contributed by atoms with Gasteiger partial charge in [0.25, 0.3) is 5.56 Å². The SMILES string of the molecule is CCc1c(C)nc2n(c1=O)CC(C(=O)Nc1cccc3cccnc13)CS2. The lowest BCUT2D eigenvalue weighted by atomic mass is 10.1. The van der Waals surface area contributed by atoms with Crippen molar-refractivity contribution < 1.29 is 4.79 Å². The van der Waals surface area contributed by atoms with Crippen molar-refractivity contribution in [2.75, 3.05) is 11.1 Å². The van der Waals surface area contributed by atoms with E-state index in [0.717, 1.165) is 22.2 Å². The summed E-state index contributed by atoms with van der Waals surface area (Å²) in [7, 11) is 0. The Morgan fingerprint density at radius 3 is 2.96 bits per heavy atom. The summed E-state index contributed by atoms with van der Waals surface area (Å²) >= 11 is 1.46. The van der Waals surface area contributed by atoms with Crippen molar-refractivity contribution in [1.82, 2.24) is 14.5 Å². The Labute approximate surface area is 161 Å². The molecule has 0 saturated carbocycles. The topological polar surface area (TPSA) is 76.9 Å². The lowest BCUT2D eigenvalue weighted by Crippen LogP contribution is -2.38. The molecule has 1 aliphatic heterocycles. The Kier molecular flexibility index (Phi) is 4.70. The molecule has 1 aromatic carbocycles. The van der Waals surface area contributed by atoms with Crippen LogP contribution in [0.1, 0.15) is 18.2 Å². The van der Waals surface area contributed by atoms with E-state index in [2.05, 4.69) is 15.3 Å². The van der Waals surface area contributed by atoms with E-state index in [-0.39, 0.29) is 17.4 Å². The molecule has 0 bridgehead atoms. The Hall–Kier alpha value is -2.67. The number of aromatic nitrogens is 3. The molecule has 1 aliphatic rings. The highest BCUT2D eigenvalue weighted by Crippen LogP contribution is 2.28. The van der Waals surface area contributed by atoms with Gasteiger partial charge in [0.05, 0.1) is 17.1 Å². The number of thioether (sulfide) groups is 1. The monoisotopic (exact) mass is 380 g/mol. The van der Waals surface area contributed by atoms with Crippen LogP contribution in [-0.2, 0) is 17.8 Å². The van der Waals surface area contributed by atoms with E-state index in [1.54, 1.807) is 10.8 Å². The molecule has 3 aromatic rings. The smallest absolute Gasteiger partial charge is 0.257 e. The quantitative estimate of drug-likeness (QED) is 0.707. The van der Waals surface area contributed by atoms with Gasteiger partial charge in [0, 0.05) is 35.1 Å². The van der Waals surface area contributed by atoms with Crippen LogP contribution in [-0.4, -0.2) is 26.2 Å². The second-order valence-corrected chi connectivity index (χ2v) is 7.59. The van der Waals surface area contributed by atoms with Gasteiger partial charge in [-0.05, 0) is 25.5 Å². The lowest BCUT2D eigenvalue weighted by molar-refractivity contribution is -0.119. The largest absolute Gasteiger partial charge is 0.324 e. The number of carbonyl (C=O) groups excluding carboxylic acids is 1. The molecular weight excluding hydrogens is 360 g/mol. The molecular formula is C20H20N4O2S. The van der Waals surface area contributed by atoms with Crippen LogP contribution in [0.25, 0.3) is 10.9 Å². The summed E-state index contributed by atoms with van der Waals surface area (Å²) in [4.78, 5) is 34.5. The normalized spacial score (nSPS) is 16.1. The number of amides is 1. The van der Waals surface area contributed by atoms with Crippen LogP contribution < -0.4 is 10.9 Å². The lowest BCUT2D eigenvalue weighted by Gasteiger charge is -2.25. The van der Waals surface area contributed by atoms with Gasteiger partial charge in [0.1, 0.15) is 0 Å². The summed E-state index contributed by atoms with van der Waals surface area (Å²) in [5.41, 5.74) is 2.93. The van der Waals surface area contributed by atoms with Crippen LogP contribution in [0, 0.1) is 12.8 Å². The second kappa shape index (κ2) is 7.15. The van der Waals surface area contributed by atoms with E-state index in [9.17, 15) is 9.59 Å². The number of para-hydroxylation sites is 1. The molecule has 138 valence electrons. The number of fused-ring (bicyclic) bond motifs is 2. The number of anilines is 1. The maximum Gasteiger partial charge on any atom is 0.257 e. The van der Waals surface area contributed by atoms with Gasteiger partial charge in [-0.15, -0.1) is 0 Å². The molecule has 2 aromatic heterocycles. The van der Waals surface area contributed by atoms with Crippen LogP contribution in [0.2, 0.25) is 0 Å². The molecule has 0 spiro atoms. The van der Waals surface area contributed by atoms with Crippen LogP contribution in [0.3, 0.4) is 0 Å². The number of aryl methyl sites for hydroxylation is 1. The number of hydrogen-bond donors (Lipinski definition) is 1. The summed E-state index contributed by atoms with van der Waals surface area (Å²) < 4.78 is 1.64. The first-order chi connectivity index (χ1) is 13.1. The number of nitrogens with zero attached hydrogens (tertiary/aromatic N) is 3. The van der Waals surface area contributed by atoms with Gasteiger partial charge in [-0.3, -0.25) is 19.1 Å². The first-order valence-electron chi connectivity index (χ1n) is 8.96. The summed E-state index contributed by atoms with van der Waals surface area (Å²) in [5.74, 6) is 0.201. The highest BCUT2D eigenvalue weighted by atomic mass is 32.2. The molecule has 4 rings (SSSR count). The molecule has 0 saturated heterocycles. The van der Waals surface area contributed by atoms with Crippen LogP contribution in [0.4, 0.5) is 5.69 Å². The van der Waals surface area contributed by atoms with Crippen molar-refractivity contribution in [1.29, 1.82) is 0 Å². The Morgan fingerprint density at radius 2 is 2.15 bits per heavy atom. The highest BCUT2D eigenvalue weighted by molar-refractivity contribution is 7.99. The summed E-state index contributed by atoms with van der Waals surface area (Å²) in [5, 5.41) is 4.67. The molecule has 0 aliphatic carbocycles. The number of pyridine rings is 1. The zero-order valence-electron chi connectivity index (χ0n) is 15.2. The zero-order valence-corrected chi connectivity index (χ0v) is 16.0.